The summed E-state index contributed by atoms with van der Waals surface area (Å²) in [6.07, 6.45) is 1.63. The van der Waals surface area contributed by atoms with Crippen molar-refractivity contribution in [2.45, 2.75) is 6.92 Å². The summed E-state index contributed by atoms with van der Waals surface area (Å²) in [6.45, 7) is 1.85. The molecule has 0 spiro atoms. The van der Waals surface area contributed by atoms with E-state index in [1.165, 1.54) is 12.1 Å². The third kappa shape index (κ3) is 3.21. The van der Waals surface area contributed by atoms with Gasteiger partial charge in [-0.25, -0.2) is 4.79 Å². The highest BCUT2D eigenvalue weighted by molar-refractivity contribution is 5.99. The zero-order valence-corrected chi connectivity index (χ0v) is 9.84. The van der Waals surface area contributed by atoms with Crippen molar-refractivity contribution in [3.8, 4) is 5.75 Å². The van der Waals surface area contributed by atoms with Crippen molar-refractivity contribution < 1.29 is 9.90 Å². The molecule has 2 rings (SSSR count). The Morgan fingerprint density at radius 1 is 1.11 bits per heavy atom. The summed E-state index contributed by atoms with van der Waals surface area (Å²) in [5.41, 5.74) is 2.12. The van der Waals surface area contributed by atoms with E-state index in [1.807, 2.05) is 6.92 Å². The largest absolute Gasteiger partial charge is 0.508 e. The number of hydrogen-bond donors (Lipinski definition) is 3. The van der Waals surface area contributed by atoms with Crippen molar-refractivity contribution >= 4 is 17.4 Å². The van der Waals surface area contributed by atoms with Crippen LogP contribution in [0.5, 0.6) is 5.75 Å². The summed E-state index contributed by atoms with van der Waals surface area (Å²) in [7, 11) is 0. The predicted molar refractivity (Wildman–Crippen MR) is 69.7 cm³/mol. The fourth-order valence-electron chi connectivity index (χ4n) is 1.46. The second-order valence-electron chi connectivity index (χ2n) is 3.81. The number of benzene rings is 1. The molecule has 18 heavy (non-hydrogen) atoms. The monoisotopic (exact) mass is 243 g/mol. The molecule has 0 aliphatic carbocycles. The van der Waals surface area contributed by atoms with Gasteiger partial charge in [0.05, 0.1) is 0 Å². The standard InChI is InChI=1S/C13H13N3O2/c1-9-8-11(6-7-14-9)16-13(18)15-10-2-4-12(17)5-3-10/h2-8,17H,1H3,(H2,14,15,16,18). The highest BCUT2D eigenvalue weighted by Gasteiger charge is 2.02. The van der Waals surface area contributed by atoms with Crippen LogP contribution in [0.3, 0.4) is 0 Å². The Hall–Kier alpha value is -2.56. The summed E-state index contributed by atoms with van der Waals surface area (Å²) in [5.74, 6) is 0.158. The molecule has 0 radical (unpaired) electrons. The van der Waals surface area contributed by atoms with Gasteiger partial charge in [0.2, 0.25) is 0 Å². The van der Waals surface area contributed by atoms with Crippen molar-refractivity contribution in [1.82, 2.24) is 4.98 Å². The fraction of sp³-hybridized carbons (Fsp3) is 0.0769. The molecule has 0 aliphatic rings. The van der Waals surface area contributed by atoms with Gasteiger partial charge >= 0.3 is 6.03 Å². The Morgan fingerprint density at radius 2 is 1.78 bits per heavy atom. The van der Waals surface area contributed by atoms with Crippen LogP contribution >= 0.6 is 0 Å². The van der Waals surface area contributed by atoms with Gasteiger partial charge in [-0.15, -0.1) is 0 Å². The van der Waals surface area contributed by atoms with E-state index >= 15 is 0 Å². The lowest BCUT2D eigenvalue weighted by Gasteiger charge is -2.07. The van der Waals surface area contributed by atoms with E-state index < -0.39 is 0 Å². The summed E-state index contributed by atoms with van der Waals surface area (Å²) in [5, 5.41) is 14.5. The molecule has 1 aromatic heterocycles. The highest BCUT2D eigenvalue weighted by Crippen LogP contribution is 2.14. The lowest BCUT2D eigenvalue weighted by molar-refractivity contribution is 0.262. The first-order chi connectivity index (χ1) is 8.63. The molecular weight excluding hydrogens is 230 g/mol. The van der Waals surface area contributed by atoms with E-state index in [-0.39, 0.29) is 11.8 Å². The van der Waals surface area contributed by atoms with E-state index in [4.69, 9.17) is 5.11 Å². The van der Waals surface area contributed by atoms with Crippen LogP contribution in [0.1, 0.15) is 5.69 Å². The minimum Gasteiger partial charge on any atom is -0.508 e. The van der Waals surface area contributed by atoms with E-state index in [0.717, 1.165) is 5.69 Å². The van der Waals surface area contributed by atoms with Gasteiger partial charge in [-0.05, 0) is 43.3 Å². The van der Waals surface area contributed by atoms with E-state index in [9.17, 15) is 4.79 Å². The average Bonchev–Trinajstić information content (AvgIpc) is 2.32. The first-order valence-corrected chi connectivity index (χ1v) is 5.43. The van der Waals surface area contributed by atoms with Crippen LogP contribution in [-0.2, 0) is 0 Å². The van der Waals surface area contributed by atoms with Gasteiger partial charge in [0.15, 0.2) is 0 Å². The van der Waals surface area contributed by atoms with Crippen molar-refractivity contribution in [3.63, 3.8) is 0 Å². The number of hydrogen-bond acceptors (Lipinski definition) is 3. The Labute approximate surface area is 104 Å². The maximum Gasteiger partial charge on any atom is 0.323 e. The molecule has 5 nitrogen and oxygen atoms in total. The van der Waals surface area contributed by atoms with Gasteiger partial charge < -0.3 is 15.7 Å². The minimum atomic E-state index is -0.341. The maximum atomic E-state index is 11.7. The molecule has 0 saturated carbocycles. The van der Waals surface area contributed by atoms with Crippen molar-refractivity contribution in [2.75, 3.05) is 10.6 Å². The van der Waals surface area contributed by atoms with E-state index in [0.29, 0.717) is 11.4 Å². The van der Waals surface area contributed by atoms with Crippen LogP contribution < -0.4 is 10.6 Å². The third-order valence-electron chi connectivity index (χ3n) is 2.28. The highest BCUT2D eigenvalue weighted by atomic mass is 16.3. The molecule has 3 N–H and O–H groups in total. The average molecular weight is 243 g/mol. The normalized spacial score (nSPS) is 9.83. The number of rotatable bonds is 2. The van der Waals surface area contributed by atoms with E-state index in [1.54, 1.807) is 30.5 Å². The second-order valence-corrected chi connectivity index (χ2v) is 3.81. The first kappa shape index (κ1) is 11.9. The van der Waals surface area contributed by atoms with Crippen LogP contribution in [0.2, 0.25) is 0 Å². The third-order valence-corrected chi connectivity index (χ3v) is 2.28. The van der Waals surface area contributed by atoms with Crippen LogP contribution in [0, 0.1) is 6.92 Å². The number of urea groups is 1. The second kappa shape index (κ2) is 5.18. The molecule has 5 heteroatoms. The molecule has 0 saturated heterocycles. The molecule has 1 aromatic carbocycles. The zero-order valence-electron chi connectivity index (χ0n) is 9.84. The SMILES string of the molecule is Cc1cc(NC(=O)Nc2ccc(O)cc2)ccn1. The number of phenols is 1. The summed E-state index contributed by atoms with van der Waals surface area (Å²) in [6, 6.07) is 9.39. The fourth-order valence-corrected chi connectivity index (χ4v) is 1.46. The van der Waals surface area contributed by atoms with Crippen LogP contribution in [0.15, 0.2) is 42.6 Å². The summed E-state index contributed by atoms with van der Waals surface area (Å²) < 4.78 is 0. The van der Waals surface area contributed by atoms with Gasteiger partial charge in [0.25, 0.3) is 0 Å². The number of aromatic hydroxyl groups is 1. The van der Waals surface area contributed by atoms with Crippen LogP contribution in [-0.4, -0.2) is 16.1 Å². The maximum absolute atomic E-state index is 11.7. The molecule has 92 valence electrons. The lowest BCUT2D eigenvalue weighted by Crippen LogP contribution is -2.19. The van der Waals surface area contributed by atoms with Gasteiger partial charge in [-0.2, -0.15) is 0 Å². The van der Waals surface area contributed by atoms with Crippen LogP contribution in [0.4, 0.5) is 16.2 Å². The van der Waals surface area contributed by atoms with Crippen LogP contribution in [0.25, 0.3) is 0 Å². The smallest absolute Gasteiger partial charge is 0.323 e. The van der Waals surface area contributed by atoms with Gasteiger partial charge in [-0.3, -0.25) is 4.98 Å². The molecule has 2 amide bonds. The van der Waals surface area contributed by atoms with Crippen molar-refractivity contribution in [1.29, 1.82) is 0 Å². The zero-order chi connectivity index (χ0) is 13.0. The number of anilines is 2. The van der Waals surface area contributed by atoms with Gasteiger partial charge in [0.1, 0.15) is 5.75 Å². The molecule has 0 fully saturated rings. The number of carbonyl (C=O) groups excluding carboxylic acids is 1. The number of nitrogens with zero attached hydrogens (tertiary/aromatic N) is 1. The van der Waals surface area contributed by atoms with E-state index in [2.05, 4.69) is 15.6 Å². The quantitative estimate of drug-likeness (QED) is 0.710. The first-order valence-electron chi connectivity index (χ1n) is 5.43. The van der Waals surface area contributed by atoms with Gasteiger partial charge in [0, 0.05) is 23.3 Å². The number of carbonyl (C=O) groups is 1. The molecule has 0 unspecified atom stereocenters. The Kier molecular flexibility index (Phi) is 3.43. The number of aryl methyl sites for hydroxylation is 1. The van der Waals surface area contributed by atoms with Gasteiger partial charge in [-0.1, -0.05) is 0 Å². The predicted octanol–water partition coefficient (Wildman–Crippen LogP) is 2.74. The summed E-state index contributed by atoms with van der Waals surface area (Å²) >= 11 is 0. The molecule has 2 aromatic rings. The Morgan fingerprint density at radius 3 is 2.44 bits per heavy atom. The number of nitrogens with one attached hydrogen (secondary N) is 2. The molecule has 0 bridgehead atoms. The number of aromatic nitrogens is 1. The minimum absolute atomic E-state index is 0.158. The Balaban J connectivity index is 1.98. The number of phenolic OH excluding ortho intramolecular Hbond substituents is 1. The lowest BCUT2D eigenvalue weighted by atomic mass is 10.3. The molecule has 0 aliphatic heterocycles. The number of amides is 2. The van der Waals surface area contributed by atoms with Crippen molar-refractivity contribution in [2.24, 2.45) is 0 Å². The Bertz CT molecular complexity index is 552. The van der Waals surface area contributed by atoms with Crippen molar-refractivity contribution in [3.05, 3.63) is 48.3 Å². The summed E-state index contributed by atoms with van der Waals surface area (Å²) in [4.78, 5) is 15.7. The molecule has 0 atom stereocenters. The number of pyridine rings is 1. The molecular formula is C13H13N3O2. The topological polar surface area (TPSA) is 74.2 Å². The molecule has 1 heterocycles.